The summed E-state index contributed by atoms with van der Waals surface area (Å²) in [6, 6.07) is 1.00. The molecule has 3 N–H and O–H groups in total. The van der Waals surface area contributed by atoms with Gasteiger partial charge >= 0.3 is 5.69 Å². The fourth-order valence-electron chi connectivity index (χ4n) is 2.17. The molecule has 0 bridgehead atoms. The Morgan fingerprint density at radius 2 is 1.86 bits per heavy atom. The lowest BCUT2D eigenvalue weighted by Crippen LogP contribution is -2.33. The summed E-state index contributed by atoms with van der Waals surface area (Å²) in [5, 5.41) is 10.6. The minimum atomic E-state index is -3.77. The van der Waals surface area contributed by atoms with Crippen LogP contribution in [0.3, 0.4) is 0 Å². The van der Waals surface area contributed by atoms with Crippen LogP contribution in [0.25, 0.3) is 0 Å². The molecule has 1 heterocycles. The molecule has 7 nitrogen and oxygen atoms in total. The average Bonchev–Trinajstić information content (AvgIpc) is 2.71. The summed E-state index contributed by atoms with van der Waals surface area (Å²) in [4.78, 5) is 10.0. The van der Waals surface area contributed by atoms with Crippen molar-refractivity contribution in [2.45, 2.75) is 31.9 Å². The zero-order valence-corrected chi connectivity index (χ0v) is 14.1. The lowest BCUT2D eigenvalue weighted by molar-refractivity contribution is -0.383. The second kappa shape index (κ2) is 6.71. The summed E-state index contributed by atoms with van der Waals surface area (Å²) < 4.78 is 26.8. The monoisotopic (exact) mass is 335 g/mol. The SMILES string of the molecule is CC(C)C(CNS(=O)(=O)c1cc([N+](=O)[O-])c(N)s1)C(C)C. The van der Waals surface area contributed by atoms with E-state index in [0.29, 0.717) is 29.7 Å². The van der Waals surface area contributed by atoms with Crippen molar-refractivity contribution in [2.75, 3.05) is 12.3 Å². The highest BCUT2D eigenvalue weighted by Crippen LogP contribution is 2.34. The van der Waals surface area contributed by atoms with Crippen LogP contribution in [0, 0.1) is 27.9 Å². The fraction of sp³-hybridized carbons (Fsp3) is 0.667. The van der Waals surface area contributed by atoms with Crippen molar-refractivity contribution in [3.05, 3.63) is 16.2 Å². The van der Waals surface area contributed by atoms with Gasteiger partial charge in [0.15, 0.2) is 5.00 Å². The van der Waals surface area contributed by atoms with Crippen LogP contribution in [0.1, 0.15) is 27.7 Å². The molecular weight excluding hydrogens is 314 g/mol. The number of nitrogen functional groups attached to an aromatic ring is 1. The van der Waals surface area contributed by atoms with Crippen molar-refractivity contribution in [2.24, 2.45) is 17.8 Å². The normalized spacial score (nSPS) is 12.5. The van der Waals surface area contributed by atoms with Gasteiger partial charge in [-0.2, -0.15) is 0 Å². The van der Waals surface area contributed by atoms with Crippen molar-refractivity contribution in [1.82, 2.24) is 4.72 Å². The Labute approximate surface area is 128 Å². The zero-order chi connectivity index (χ0) is 16.4. The van der Waals surface area contributed by atoms with Gasteiger partial charge in [-0.25, -0.2) is 13.1 Å². The van der Waals surface area contributed by atoms with Gasteiger partial charge in [-0.05, 0) is 17.8 Å². The average molecular weight is 335 g/mol. The van der Waals surface area contributed by atoms with Gasteiger partial charge in [-0.3, -0.25) is 10.1 Å². The number of sulfonamides is 1. The number of rotatable bonds is 7. The molecule has 120 valence electrons. The maximum absolute atomic E-state index is 12.2. The van der Waals surface area contributed by atoms with Crippen LogP contribution < -0.4 is 10.5 Å². The summed E-state index contributed by atoms with van der Waals surface area (Å²) >= 11 is 0.704. The van der Waals surface area contributed by atoms with E-state index in [1.165, 1.54) is 0 Å². The molecule has 0 aliphatic carbocycles. The Bertz CT molecular complexity index is 600. The maximum Gasteiger partial charge on any atom is 0.304 e. The van der Waals surface area contributed by atoms with Crippen molar-refractivity contribution in [3.8, 4) is 0 Å². The van der Waals surface area contributed by atoms with E-state index in [0.717, 1.165) is 6.07 Å². The highest BCUT2D eigenvalue weighted by molar-refractivity contribution is 7.91. The number of nitrogens with one attached hydrogen (secondary N) is 1. The summed E-state index contributed by atoms with van der Waals surface area (Å²) in [6.45, 7) is 8.43. The Hall–Kier alpha value is -1.19. The molecule has 21 heavy (non-hydrogen) atoms. The first-order chi connectivity index (χ1) is 9.56. The van der Waals surface area contributed by atoms with Crippen LogP contribution in [0.15, 0.2) is 10.3 Å². The van der Waals surface area contributed by atoms with E-state index < -0.39 is 14.9 Å². The van der Waals surface area contributed by atoms with Gasteiger partial charge in [-0.1, -0.05) is 39.0 Å². The third-order valence-electron chi connectivity index (χ3n) is 3.40. The minimum absolute atomic E-state index is 0.107. The number of nitrogens with two attached hydrogens (primary N) is 1. The van der Waals surface area contributed by atoms with E-state index in [-0.39, 0.29) is 20.8 Å². The smallest absolute Gasteiger partial charge is 0.304 e. The number of anilines is 1. The van der Waals surface area contributed by atoms with Crippen LogP contribution in [0.4, 0.5) is 10.7 Å². The summed E-state index contributed by atoms with van der Waals surface area (Å²) in [6.07, 6.45) is 0. The van der Waals surface area contributed by atoms with Crippen molar-refractivity contribution >= 4 is 32.0 Å². The Kier molecular flexibility index (Phi) is 5.71. The van der Waals surface area contributed by atoms with Crippen LogP contribution >= 0.6 is 11.3 Å². The highest BCUT2D eigenvalue weighted by Gasteiger charge is 2.26. The van der Waals surface area contributed by atoms with Gasteiger partial charge in [0.25, 0.3) is 0 Å². The number of nitro groups is 1. The molecule has 0 amide bonds. The first-order valence-corrected chi connectivity index (χ1v) is 8.89. The third-order valence-corrected chi connectivity index (χ3v) is 6.25. The molecule has 0 aromatic carbocycles. The van der Waals surface area contributed by atoms with Gasteiger partial charge in [-0.15, -0.1) is 0 Å². The first kappa shape index (κ1) is 17.9. The number of nitrogens with zero attached hydrogens (tertiary/aromatic N) is 1. The molecule has 0 spiro atoms. The number of hydrogen-bond acceptors (Lipinski definition) is 6. The molecule has 0 saturated carbocycles. The Morgan fingerprint density at radius 3 is 2.24 bits per heavy atom. The lowest BCUT2D eigenvalue weighted by atomic mass is 9.86. The topological polar surface area (TPSA) is 115 Å². The van der Waals surface area contributed by atoms with E-state index in [1.807, 2.05) is 27.7 Å². The van der Waals surface area contributed by atoms with E-state index >= 15 is 0 Å². The second-order valence-electron chi connectivity index (χ2n) is 5.58. The van der Waals surface area contributed by atoms with Crippen LogP contribution in [-0.2, 0) is 10.0 Å². The maximum atomic E-state index is 12.2. The molecule has 1 aromatic rings. The van der Waals surface area contributed by atoms with E-state index in [4.69, 9.17) is 5.73 Å². The van der Waals surface area contributed by atoms with Crippen molar-refractivity contribution in [3.63, 3.8) is 0 Å². The van der Waals surface area contributed by atoms with Gasteiger partial charge in [0.1, 0.15) is 4.21 Å². The summed E-state index contributed by atoms with van der Waals surface area (Å²) in [7, 11) is -3.77. The summed E-state index contributed by atoms with van der Waals surface area (Å²) in [5.74, 6) is 0.845. The molecular formula is C12H21N3O4S2. The van der Waals surface area contributed by atoms with Gasteiger partial charge in [0.05, 0.1) is 4.92 Å². The van der Waals surface area contributed by atoms with Gasteiger partial charge in [0.2, 0.25) is 10.0 Å². The van der Waals surface area contributed by atoms with Gasteiger partial charge in [0, 0.05) is 12.6 Å². The quantitative estimate of drug-likeness (QED) is 0.586. The first-order valence-electron chi connectivity index (χ1n) is 6.59. The third kappa shape index (κ3) is 4.39. The predicted octanol–water partition coefficient (Wildman–Crippen LogP) is 2.45. The largest absolute Gasteiger partial charge is 0.385 e. The Morgan fingerprint density at radius 1 is 1.33 bits per heavy atom. The molecule has 9 heteroatoms. The van der Waals surface area contributed by atoms with E-state index in [2.05, 4.69) is 4.72 Å². The molecule has 1 rings (SSSR count). The predicted molar refractivity (Wildman–Crippen MR) is 83.7 cm³/mol. The highest BCUT2D eigenvalue weighted by atomic mass is 32.2. The molecule has 0 fully saturated rings. The molecule has 0 unspecified atom stereocenters. The molecule has 0 saturated heterocycles. The fourth-order valence-corrected chi connectivity index (χ4v) is 4.50. The standard InChI is InChI=1S/C12H21N3O4S2/c1-7(2)9(8(3)4)6-14-21(18,19)11-5-10(15(16)17)12(13)20-11/h5,7-9,14H,6,13H2,1-4H3. The molecule has 0 radical (unpaired) electrons. The zero-order valence-electron chi connectivity index (χ0n) is 12.5. The van der Waals surface area contributed by atoms with Crippen molar-refractivity contribution in [1.29, 1.82) is 0 Å². The Balaban J connectivity index is 2.92. The summed E-state index contributed by atoms with van der Waals surface area (Å²) in [5.41, 5.74) is 5.11. The van der Waals surface area contributed by atoms with Crippen LogP contribution in [0.2, 0.25) is 0 Å². The van der Waals surface area contributed by atoms with Crippen LogP contribution in [-0.4, -0.2) is 19.9 Å². The van der Waals surface area contributed by atoms with Gasteiger partial charge < -0.3 is 5.73 Å². The molecule has 1 aromatic heterocycles. The number of hydrogen-bond donors (Lipinski definition) is 2. The second-order valence-corrected chi connectivity index (χ2v) is 8.65. The van der Waals surface area contributed by atoms with E-state index in [1.54, 1.807) is 0 Å². The van der Waals surface area contributed by atoms with E-state index in [9.17, 15) is 18.5 Å². The lowest BCUT2D eigenvalue weighted by Gasteiger charge is -2.24. The molecule has 0 aliphatic rings. The molecule has 0 atom stereocenters. The number of thiophene rings is 1. The van der Waals surface area contributed by atoms with Crippen LogP contribution in [0.5, 0.6) is 0 Å². The molecule has 0 aliphatic heterocycles. The van der Waals surface area contributed by atoms with Crippen molar-refractivity contribution < 1.29 is 13.3 Å². The minimum Gasteiger partial charge on any atom is -0.385 e.